The van der Waals surface area contributed by atoms with Crippen LogP contribution < -0.4 is 19.9 Å². The lowest BCUT2D eigenvalue weighted by atomic mass is 9.81. The number of ether oxygens (including phenoxy) is 3. The van der Waals surface area contributed by atoms with E-state index in [-0.39, 0.29) is 40.2 Å². The number of amides is 2. The number of anilines is 1. The molecule has 2 aromatic rings. The number of aromatic amines is 1. The number of rotatable bonds is 4. The van der Waals surface area contributed by atoms with Gasteiger partial charge in [-0.05, 0) is 84.9 Å². The number of aromatic nitrogens is 1. The minimum atomic E-state index is -0.968. The first-order valence-electron chi connectivity index (χ1n) is 13.7. The van der Waals surface area contributed by atoms with Crippen LogP contribution in [0.4, 0.5) is 10.5 Å². The summed E-state index contributed by atoms with van der Waals surface area (Å²) in [5.41, 5.74) is 1.75. The molecule has 1 atom stereocenters. The minimum Gasteiger partial charge on any atom is -0.448 e. The highest BCUT2D eigenvalue weighted by atomic mass is 35.5. The van der Waals surface area contributed by atoms with Crippen molar-refractivity contribution in [3.63, 3.8) is 0 Å². The van der Waals surface area contributed by atoms with E-state index >= 15 is 0 Å². The van der Waals surface area contributed by atoms with Crippen molar-refractivity contribution in [3.05, 3.63) is 49.9 Å². The average molecular weight is 574 g/mol. The molecular weight excluding hydrogens is 534 g/mol. The van der Waals surface area contributed by atoms with E-state index in [1.165, 1.54) is 4.90 Å². The Bertz CT molecular complexity index is 1390. The van der Waals surface area contributed by atoms with E-state index < -0.39 is 11.4 Å². The molecule has 0 radical (unpaired) electrons. The summed E-state index contributed by atoms with van der Waals surface area (Å²) in [6, 6.07) is 3.47. The molecule has 2 aliphatic rings. The topological polar surface area (TPSA) is 101 Å². The van der Waals surface area contributed by atoms with Gasteiger partial charge in [0, 0.05) is 49.8 Å². The quantitative estimate of drug-likeness (QED) is 0.471. The van der Waals surface area contributed by atoms with Gasteiger partial charge in [-0.1, -0.05) is 11.6 Å². The van der Waals surface area contributed by atoms with Crippen LogP contribution in [0, 0.1) is 26.7 Å². The average Bonchev–Trinajstić information content (AvgIpc) is 3.23. The highest BCUT2D eigenvalue weighted by Gasteiger charge is 2.48. The molecule has 1 aliphatic heterocycles. The van der Waals surface area contributed by atoms with Crippen LogP contribution in [0.15, 0.2) is 16.9 Å². The van der Waals surface area contributed by atoms with Gasteiger partial charge in [0.25, 0.3) is 17.3 Å². The maximum Gasteiger partial charge on any atom is 0.410 e. The highest BCUT2D eigenvalue weighted by molar-refractivity contribution is 6.33. The zero-order valence-electron chi connectivity index (χ0n) is 24.9. The lowest BCUT2D eigenvalue weighted by molar-refractivity contribution is -0.123. The Morgan fingerprint density at radius 1 is 1.05 bits per heavy atom. The number of hydrogen-bond acceptors (Lipinski definition) is 6. The first-order chi connectivity index (χ1) is 18.5. The van der Waals surface area contributed by atoms with Crippen molar-refractivity contribution >= 4 is 29.3 Å². The van der Waals surface area contributed by atoms with Crippen molar-refractivity contribution in [1.82, 2.24) is 9.88 Å². The standard InChI is InChI=1S/C30H40ClN3O6/c1-16-14-17(2)32-26(35)23(16)34(9)27(36)21-15-22(31)25-24(18(21)3)38-30(7,39-25)19-10-12-20(13-11-19)33(8)28(37)40-29(4,5)6/h14-15,19-20H,10-13H2,1-9H3,(H,32,35). The van der Waals surface area contributed by atoms with E-state index in [0.717, 1.165) is 31.4 Å². The normalized spacial score (nSPS) is 22.1. The Labute approximate surface area is 240 Å². The van der Waals surface area contributed by atoms with Crippen LogP contribution in [0.25, 0.3) is 0 Å². The maximum absolute atomic E-state index is 13.6. The number of hydrogen-bond donors (Lipinski definition) is 1. The summed E-state index contributed by atoms with van der Waals surface area (Å²) in [5, 5.41) is 0.272. The molecule has 1 N–H and O–H groups in total. The number of benzene rings is 1. The molecule has 0 bridgehead atoms. The Morgan fingerprint density at radius 3 is 2.23 bits per heavy atom. The zero-order valence-corrected chi connectivity index (χ0v) is 25.6. The minimum absolute atomic E-state index is 0.0502. The van der Waals surface area contributed by atoms with Gasteiger partial charge < -0.3 is 29.0 Å². The smallest absolute Gasteiger partial charge is 0.410 e. The summed E-state index contributed by atoms with van der Waals surface area (Å²) >= 11 is 6.64. The van der Waals surface area contributed by atoms with Crippen LogP contribution in [0.1, 0.15) is 80.6 Å². The van der Waals surface area contributed by atoms with Gasteiger partial charge in [0.05, 0.1) is 5.02 Å². The number of aryl methyl sites for hydroxylation is 2. The van der Waals surface area contributed by atoms with Crippen molar-refractivity contribution < 1.29 is 23.8 Å². The van der Waals surface area contributed by atoms with E-state index in [1.807, 2.05) is 33.8 Å². The fourth-order valence-electron chi connectivity index (χ4n) is 5.75. The zero-order chi connectivity index (χ0) is 29.7. The van der Waals surface area contributed by atoms with E-state index in [2.05, 4.69) is 4.98 Å². The summed E-state index contributed by atoms with van der Waals surface area (Å²) < 4.78 is 18.3. The maximum atomic E-state index is 13.6. The van der Waals surface area contributed by atoms with Gasteiger partial charge in [0.15, 0.2) is 11.5 Å². The predicted molar refractivity (Wildman–Crippen MR) is 155 cm³/mol. The molecule has 1 aromatic heterocycles. The number of halogens is 1. The molecule has 10 heteroatoms. The van der Waals surface area contributed by atoms with E-state index in [9.17, 15) is 14.4 Å². The molecule has 2 heterocycles. The van der Waals surface area contributed by atoms with Gasteiger partial charge in [0.1, 0.15) is 11.3 Å². The molecule has 1 aromatic carbocycles. The molecule has 1 saturated carbocycles. The SMILES string of the molecule is Cc1cc(C)c(N(C)C(=O)c2cc(Cl)c3c(c2C)OC(C)(C2CCC(N(C)C(=O)OC(C)(C)C)CC2)O3)c(=O)[nH]1. The third kappa shape index (κ3) is 5.66. The molecule has 1 unspecified atom stereocenters. The monoisotopic (exact) mass is 573 g/mol. The number of carbonyl (C=O) groups excluding carboxylic acids is 2. The van der Waals surface area contributed by atoms with E-state index in [4.69, 9.17) is 25.8 Å². The molecule has 218 valence electrons. The third-order valence-electron chi connectivity index (χ3n) is 7.92. The van der Waals surface area contributed by atoms with Crippen LogP contribution in [0.2, 0.25) is 5.02 Å². The molecule has 0 saturated heterocycles. The van der Waals surface area contributed by atoms with Crippen LogP contribution in [-0.2, 0) is 4.74 Å². The fourth-order valence-corrected chi connectivity index (χ4v) is 5.98. The number of H-pyrrole nitrogens is 1. The second kappa shape index (κ2) is 10.7. The van der Waals surface area contributed by atoms with E-state index in [1.54, 1.807) is 45.8 Å². The summed E-state index contributed by atoms with van der Waals surface area (Å²) in [4.78, 5) is 44.6. The van der Waals surface area contributed by atoms with Crippen molar-refractivity contribution in [3.8, 4) is 11.5 Å². The second-order valence-corrected chi connectivity index (χ2v) is 12.6. The number of fused-ring (bicyclic) bond motifs is 1. The van der Waals surface area contributed by atoms with Crippen LogP contribution in [-0.4, -0.2) is 53.4 Å². The van der Waals surface area contributed by atoms with Gasteiger partial charge in [-0.15, -0.1) is 0 Å². The number of pyridine rings is 1. The predicted octanol–water partition coefficient (Wildman–Crippen LogP) is 6.14. The van der Waals surface area contributed by atoms with Crippen molar-refractivity contribution in [2.75, 3.05) is 19.0 Å². The van der Waals surface area contributed by atoms with Crippen molar-refractivity contribution in [2.24, 2.45) is 5.92 Å². The van der Waals surface area contributed by atoms with Crippen LogP contribution in [0.3, 0.4) is 0 Å². The van der Waals surface area contributed by atoms with Crippen LogP contribution >= 0.6 is 11.6 Å². The molecule has 0 spiro atoms. The van der Waals surface area contributed by atoms with Gasteiger partial charge in [-0.3, -0.25) is 9.59 Å². The van der Waals surface area contributed by atoms with Gasteiger partial charge in [0.2, 0.25) is 0 Å². The number of nitrogens with zero attached hydrogens (tertiary/aromatic N) is 2. The number of nitrogens with one attached hydrogen (secondary N) is 1. The van der Waals surface area contributed by atoms with Gasteiger partial charge >= 0.3 is 6.09 Å². The lowest BCUT2D eigenvalue weighted by Gasteiger charge is -2.40. The largest absolute Gasteiger partial charge is 0.448 e. The molecule has 1 aliphatic carbocycles. The van der Waals surface area contributed by atoms with Gasteiger partial charge in [-0.2, -0.15) is 0 Å². The first kappa shape index (κ1) is 29.8. The summed E-state index contributed by atoms with van der Waals surface area (Å²) in [6.45, 7) is 12.9. The second-order valence-electron chi connectivity index (χ2n) is 12.2. The van der Waals surface area contributed by atoms with Crippen molar-refractivity contribution in [2.45, 2.75) is 91.6 Å². The molecule has 9 nitrogen and oxygen atoms in total. The molecule has 40 heavy (non-hydrogen) atoms. The molecule has 4 rings (SSSR count). The summed E-state index contributed by atoms with van der Waals surface area (Å²) in [7, 11) is 3.36. The summed E-state index contributed by atoms with van der Waals surface area (Å²) in [6.07, 6.45) is 2.80. The fraction of sp³-hybridized carbons (Fsp3) is 0.567. The highest BCUT2D eigenvalue weighted by Crippen LogP contribution is 2.52. The molecular formula is C30H40ClN3O6. The Balaban J connectivity index is 1.51. The Hall–Kier alpha value is -3.20. The van der Waals surface area contributed by atoms with Gasteiger partial charge in [-0.25, -0.2) is 4.79 Å². The van der Waals surface area contributed by atoms with Crippen LogP contribution in [0.5, 0.6) is 11.5 Å². The summed E-state index contributed by atoms with van der Waals surface area (Å²) in [5.74, 6) is -0.436. The molecule has 1 fully saturated rings. The Kier molecular flexibility index (Phi) is 7.93. The Morgan fingerprint density at radius 2 is 1.65 bits per heavy atom. The van der Waals surface area contributed by atoms with E-state index in [0.29, 0.717) is 28.2 Å². The third-order valence-corrected chi connectivity index (χ3v) is 8.20. The lowest BCUT2D eigenvalue weighted by Crippen LogP contribution is -2.48. The number of carbonyl (C=O) groups is 2. The molecule has 2 amide bonds. The first-order valence-corrected chi connectivity index (χ1v) is 14.1. The van der Waals surface area contributed by atoms with Crippen molar-refractivity contribution in [1.29, 1.82) is 0 Å².